The first-order valence-corrected chi connectivity index (χ1v) is 8.03. The molecule has 0 aliphatic carbocycles. The molecule has 0 bridgehead atoms. The highest BCUT2D eigenvalue weighted by Gasteiger charge is 2.07. The molecule has 0 saturated carbocycles. The topological polar surface area (TPSA) is 12.5 Å². The van der Waals surface area contributed by atoms with Crippen molar-refractivity contribution in [3.05, 3.63) is 77.9 Å². The van der Waals surface area contributed by atoms with E-state index in [0.29, 0.717) is 0 Å². The number of rotatable bonds is 3. The highest BCUT2D eigenvalue weighted by Crippen LogP contribution is 2.22. The SMILES string of the molecule is C(#CCN1CCOCC1)C=C(c1ccccc1)c1ccccc1. The molecule has 2 aromatic rings. The second-order valence-corrected chi connectivity index (χ2v) is 5.50. The van der Waals surface area contributed by atoms with Crippen molar-refractivity contribution < 1.29 is 4.74 Å². The molecule has 0 N–H and O–H groups in total. The van der Waals surface area contributed by atoms with Crippen LogP contribution in [-0.4, -0.2) is 37.7 Å². The lowest BCUT2D eigenvalue weighted by atomic mass is 9.98. The molecule has 0 atom stereocenters. The number of hydrogen-bond acceptors (Lipinski definition) is 2. The summed E-state index contributed by atoms with van der Waals surface area (Å²) >= 11 is 0. The number of allylic oxidation sites excluding steroid dienone is 1. The Hall–Kier alpha value is -2.34. The quantitative estimate of drug-likeness (QED) is 0.805. The van der Waals surface area contributed by atoms with Gasteiger partial charge in [0.2, 0.25) is 0 Å². The molecule has 1 aliphatic heterocycles. The predicted molar refractivity (Wildman–Crippen MR) is 95.0 cm³/mol. The van der Waals surface area contributed by atoms with E-state index in [9.17, 15) is 0 Å². The van der Waals surface area contributed by atoms with E-state index in [0.717, 1.165) is 32.8 Å². The number of morpholine rings is 1. The fourth-order valence-corrected chi connectivity index (χ4v) is 2.61. The Labute approximate surface area is 138 Å². The van der Waals surface area contributed by atoms with Gasteiger partial charge in [0.1, 0.15) is 0 Å². The summed E-state index contributed by atoms with van der Waals surface area (Å²) in [7, 11) is 0. The zero-order valence-electron chi connectivity index (χ0n) is 13.2. The Morgan fingerprint density at radius 2 is 1.48 bits per heavy atom. The molecule has 0 spiro atoms. The fourth-order valence-electron chi connectivity index (χ4n) is 2.61. The van der Waals surface area contributed by atoms with E-state index in [1.165, 1.54) is 16.7 Å². The van der Waals surface area contributed by atoms with Crippen LogP contribution in [0.3, 0.4) is 0 Å². The van der Waals surface area contributed by atoms with E-state index >= 15 is 0 Å². The average Bonchev–Trinajstić information content (AvgIpc) is 2.64. The van der Waals surface area contributed by atoms with Crippen LogP contribution in [-0.2, 0) is 4.74 Å². The monoisotopic (exact) mass is 303 g/mol. The van der Waals surface area contributed by atoms with Crippen molar-refractivity contribution in [2.75, 3.05) is 32.8 Å². The molecule has 1 heterocycles. The van der Waals surface area contributed by atoms with Gasteiger partial charge in [-0.1, -0.05) is 72.5 Å². The van der Waals surface area contributed by atoms with Gasteiger partial charge in [0.25, 0.3) is 0 Å². The first-order valence-electron chi connectivity index (χ1n) is 8.03. The molecular weight excluding hydrogens is 282 g/mol. The van der Waals surface area contributed by atoms with Gasteiger partial charge >= 0.3 is 0 Å². The minimum atomic E-state index is 0.802. The van der Waals surface area contributed by atoms with Crippen LogP contribution in [0.2, 0.25) is 0 Å². The van der Waals surface area contributed by atoms with Gasteiger partial charge in [-0.05, 0) is 22.8 Å². The molecule has 0 radical (unpaired) electrons. The highest BCUT2D eigenvalue weighted by molar-refractivity contribution is 5.81. The summed E-state index contributed by atoms with van der Waals surface area (Å²) in [6, 6.07) is 20.8. The van der Waals surface area contributed by atoms with Crippen molar-refractivity contribution in [2.24, 2.45) is 0 Å². The molecule has 0 amide bonds. The molecule has 2 nitrogen and oxygen atoms in total. The first-order chi connectivity index (χ1) is 11.4. The summed E-state index contributed by atoms with van der Waals surface area (Å²) < 4.78 is 5.36. The third-order valence-corrected chi connectivity index (χ3v) is 3.89. The van der Waals surface area contributed by atoms with Crippen molar-refractivity contribution >= 4 is 5.57 Å². The molecule has 2 aromatic carbocycles. The van der Waals surface area contributed by atoms with E-state index in [1.54, 1.807) is 0 Å². The van der Waals surface area contributed by atoms with Crippen LogP contribution in [0.15, 0.2) is 66.7 Å². The van der Waals surface area contributed by atoms with Crippen LogP contribution in [0.25, 0.3) is 5.57 Å². The van der Waals surface area contributed by atoms with E-state index in [-0.39, 0.29) is 0 Å². The average molecular weight is 303 g/mol. The smallest absolute Gasteiger partial charge is 0.0606 e. The van der Waals surface area contributed by atoms with Crippen molar-refractivity contribution in [3.63, 3.8) is 0 Å². The van der Waals surface area contributed by atoms with Gasteiger partial charge in [-0.3, -0.25) is 4.90 Å². The van der Waals surface area contributed by atoms with Crippen LogP contribution in [0, 0.1) is 11.8 Å². The van der Waals surface area contributed by atoms with Crippen molar-refractivity contribution in [2.45, 2.75) is 0 Å². The van der Waals surface area contributed by atoms with Gasteiger partial charge in [-0.2, -0.15) is 0 Å². The van der Waals surface area contributed by atoms with Gasteiger partial charge < -0.3 is 4.74 Å². The molecule has 0 unspecified atom stereocenters. The van der Waals surface area contributed by atoms with Gasteiger partial charge in [-0.15, -0.1) is 0 Å². The Balaban J connectivity index is 1.78. The number of hydrogen-bond donors (Lipinski definition) is 0. The van der Waals surface area contributed by atoms with Crippen LogP contribution in [0.4, 0.5) is 0 Å². The van der Waals surface area contributed by atoms with Gasteiger partial charge in [0.05, 0.1) is 19.8 Å². The van der Waals surface area contributed by atoms with E-state index in [1.807, 2.05) is 18.2 Å². The number of nitrogens with zero attached hydrogens (tertiary/aromatic N) is 1. The Morgan fingerprint density at radius 1 is 0.913 bits per heavy atom. The molecule has 0 aromatic heterocycles. The highest BCUT2D eigenvalue weighted by atomic mass is 16.5. The third kappa shape index (κ3) is 4.56. The van der Waals surface area contributed by atoms with Crippen LogP contribution < -0.4 is 0 Å². The second kappa shape index (κ2) is 8.33. The van der Waals surface area contributed by atoms with E-state index in [4.69, 9.17) is 4.74 Å². The second-order valence-electron chi connectivity index (χ2n) is 5.50. The largest absolute Gasteiger partial charge is 0.379 e. The maximum Gasteiger partial charge on any atom is 0.0606 e. The first kappa shape index (κ1) is 15.6. The van der Waals surface area contributed by atoms with Crippen LogP contribution in [0.5, 0.6) is 0 Å². The molecule has 3 rings (SSSR count). The van der Waals surface area contributed by atoms with Crippen LogP contribution >= 0.6 is 0 Å². The zero-order valence-corrected chi connectivity index (χ0v) is 13.2. The van der Waals surface area contributed by atoms with Gasteiger partial charge in [0, 0.05) is 13.1 Å². The predicted octanol–water partition coefficient (Wildman–Crippen LogP) is 3.45. The molecule has 2 heteroatoms. The lowest BCUT2D eigenvalue weighted by Gasteiger charge is -2.24. The Kier molecular flexibility index (Phi) is 5.64. The third-order valence-electron chi connectivity index (χ3n) is 3.89. The van der Waals surface area contributed by atoms with Crippen molar-refractivity contribution in [1.29, 1.82) is 0 Å². The van der Waals surface area contributed by atoms with E-state index < -0.39 is 0 Å². The summed E-state index contributed by atoms with van der Waals surface area (Å²) in [5, 5.41) is 0. The lowest BCUT2D eigenvalue weighted by molar-refractivity contribution is 0.0443. The van der Waals surface area contributed by atoms with E-state index in [2.05, 4.69) is 65.3 Å². The lowest BCUT2D eigenvalue weighted by Crippen LogP contribution is -2.36. The summed E-state index contributed by atoms with van der Waals surface area (Å²) in [5.74, 6) is 6.50. The fraction of sp³-hybridized carbons (Fsp3) is 0.238. The molecule has 1 saturated heterocycles. The van der Waals surface area contributed by atoms with Crippen molar-refractivity contribution in [1.82, 2.24) is 4.90 Å². The van der Waals surface area contributed by atoms with Crippen LogP contribution in [0.1, 0.15) is 11.1 Å². The Bertz CT molecular complexity index is 647. The molecular formula is C21H21NO. The maximum absolute atomic E-state index is 5.36. The summed E-state index contributed by atoms with van der Waals surface area (Å²) in [4.78, 5) is 2.33. The van der Waals surface area contributed by atoms with Crippen molar-refractivity contribution in [3.8, 4) is 11.8 Å². The minimum Gasteiger partial charge on any atom is -0.379 e. The van der Waals surface area contributed by atoms with Gasteiger partial charge in [-0.25, -0.2) is 0 Å². The molecule has 1 fully saturated rings. The summed E-state index contributed by atoms with van der Waals surface area (Å²) in [5.41, 5.74) is 3.56. The maximum atomic E-state index is 5.36. The summed E-state index contributed by atoms with van der Waals surface area (Å²) in [6.07, 6.45) is 2.03. The summed E-state index contributed by atoms with van der Waals surface area (Å²) in [6.45, 7) is 4.38. The standard InChI is InChI=1S/C21H21NO/c1-3-9-19(10-4-1)21(20-11-5-2-6-12-20)13-7-8-14-22-15-17-23-18-16-22/h1-6,9-13H,14-18H2. The number of benzene rings is 2. The zero-order chi connectivity index (χ0) is 15.7. The molecule has 1 aliphatic rings. The Morgan fingerprint density at radius 3 is 2.04 bits per heavy atom. The minimum absolute atomic E-state index is 0.802. The number of ether oxygens (including phenoxy) is 1. The molecule has 116 valence electrons. The van der Waals surface area contributed by atoms with Gasteiger partial charge in [0.15, 0.2) is 0 Å². The molecule has 23 heavy (non-hydrogen) atoms. The normalized spacial score (nSPS) is 14.6.